The lowest BCUT2D eigenvalue weighted by molar-refractivity contribution is -0.677. The summed E-state index contributed by atoms with van der Waals surface area (Å²) in [4.78, 5) is 3.24. The summed E-state index contributed by atoms with van der Waals surface area (Å²) in [5, 5.41) is 5.24. The quantitative estimate of drug-likeness (QED) is 0.0757. The van der Waals surface area contributed by atoms with Gasteiger partial charge in [-0.2, -0.15) is 13.0 Å². The van der Waals surface area contributed by atoms with Crippen LogP contribution in [0.25, 0.3) is 38.7 Å². The van der Waals surface area contributed by atoms with Gasteiger partial charge in [-0.25, -0.2) is 0 Å². The molecule has 0 spiro atoms. The van der Waals surface area contributed by atoms with Crippen LogP contribution in [0.5, 0.6) is 5.75 Å². The summed E-state index contributed by atoms with van der Waals surface area (Å²) >= 11 is 5.26. The van der Waals surface area contributed by atoms with Crippen LogP contribution in [0.4, 0.5) is 5.69 Å². The Morgan fingerprint density at radius 2 is 1.69 bits per heavy atom. The second-order valence-electron chi connectivity index (χ2n) is 11.2. The minimum absolute atomic E-state index is 0.235. The molecule has 0 amide bonds. The fourth-order valence-electron chi connectivity index (χ4n) is 5.86. The zero-order valence-corrected chi connectivity index (χ0v) is 29.0. The molecule has 0 bridgehead atoms. The number of thioether (sulfide) groups is 1. The highest BCUT2D eigenvalue weighted by Gasteiger charge is 2.26. The monoisotopic (exact) mass is 743 g/mol. The van der Waals surface area contributed by atoms with E-state index in [0.717, 1.165) is 52.9 Å². The molecule has 0 saturated heterocycles. The molecule has 0 radical (unpaired) electrons. The molecule has 1 aromatic heterocycles. The number of oxazole rings is 1. The van der Waals surface area contributed by atoms with E-state index in [4.69, 9.17) is 13.9 Å². The van der Waals surface area contributed by atoms with Gasteiger partial charge in [0, 0.05) is 21.2 Å². The van der Waals surface area contributed by atoms with Crippen molar-refractivity contribution in [2.75, 3.05) is 30.6 Å². The summed E-state index contributed by atoms with van der Waals surface area (Å²) in [6.07, 6.45) is 6.06. The number of hydrogen-bond donors (Lipinski definition) is 1. The number of benzene rings is 5. The van der Waals surface area contributed by atoms with Crippen molar-refractivity contribution in [3.63, 3.8) is 0 Å². The Bertz CT molecular complexity index is 2300. The van der Waals surface area contributed by atoms with Crippen LogP contribution in [0.2, 0.25) is 0 Å². The molecular formula is C37H32BrN2O6S2+. The Hall–Kier alpha value is -4.13. The molecule has 7 rings (SSSR count). The minimum Gasteiger partial charge on any atom is -0.491 e. The fraction of sp³-hybridized carbons (Fsp3) is 0.162. The summed E-state index contributed by atoms with van der Waals surface area (Å²) in [7, 11) is -4.09. The maximum absolute atomic E-state index is 11.5. The van der Waals surface area contributed by atoms with Crippen molar-refractivity contribution in [1.29, 1.82) is 0 Å². The Morgan fingerprint density at radius 3 is 2.52 bits per heavy atom. The second-order valence-corrected chi connectivity index (χ2v) is 14.8. The average molecular weight is 745 g/mol. The molecule has 8 nitrogen and oxygen atoms in total. The van der Waals surface area contributed by atoms with Gasteiger partial charge in [-0.1, -0.05) is 88.4 Å². The van der Waals surface area contributed by atoms with Crippen molar-refractivity contribution in [3.05, 3.63) is 125 Å². The third-order valence-electron chi connectivity index (χ3n) is 8.02. The number of ether oxygens (including phenoxy) is 2. The maximum atomic E-state index is 11.5. The van der Waals surface area contributed by atoms with Gasteiger partial charge in [-0.15, -0.1) is 0 Å². The van der Waals surface area contributed by atoms with Crippen LogP contribution < -0.4 is 14.2 Å². The van der Waals surface area contributed by atoms with Gasteiger partial charge in [0.25, 0.3) is 15.6 Å². The minimum atomic E-state index is -4.09. The molecule has 6 aromatic rings. The molecule has 0 fully saturated rings. The van der Waals surface area contributed by atoms with Crippen LogP contribution in [0.3, 0.4) is 0 Å². The van der Waals surface area contributed by atoms with Gasteiger partial charge >= 0.3 is 5.89 Å². The molecular weight excluding hydrogens is 712 g/mol. The molecule has 244 valence electrons. The van der Waals surface area contributed by atoms with E-state index in [-0.39, 0.29) is 12.2 Å². The smallest absolute Gasteiger partial charge is 0.374 e. The van der Waals surface area contributed by atoms with E-state index in [1.165, 1.54) is 0 Å². The highest BCUT2D eigenvalue weighted by atomic mass is 79.9. The summed E-state index contributed by atoms with van der Waals surface area (Å²) in [6.45, 7) is 1.51. The number of nitrogens with zero attached hydrogens (tertiary/aromatic N) is 2. The molecule has 0 saturated carbocycles. The lowest BCUT2D eigenvalue weighted by Crippen LogP contribution is -2.36. The van der Waals surface area contributed by atoms with Crippen LogP contribution in [-0.4, -0.2) is 38.7 Å². The van der Waals surface area contributed by atoms with Crippen LogP contribution in [0, 0.1) is 0 Å². The van der Waals surface area contributed by atoms with E-state index in [0.29, 0.717) is 38.0 Å². The van der Waals surface area contributed by atoms with Crippen molar-refractivity contribution in [2.24, 2.45) is 0 Å². The van der Waals surface area contributed by atoms with E-state index in [2.05, 4.69) is 51.2 Å². The zero-order chi connectivity index (χ0) is 33.1. The Labute approximate surface area is 291 Å². The van der Waals surface area contributed by atoms with Crippen molar-refractivity contribution in [2.45, 2.75) is 17.9 Å². The van der Waals surface area contributed by atoms with E-state index in [1.54, 1.807) is 11.8 Å². The van der Waals surface area contributed by atoms with Crippen molar-refractivity contribution >= 4 is 82.2 Å². The van der Waals surface area contributed by atoms with Crippen molar-refractivity contribution < 1.29 is 31.4 Å². The zero-order valence-electron chi connectivity index (χ0n) is 25.8. The van der Waals surface area contributed by atoms with Crippen molar-refractivity contribution in [1.82, 2.24) is 0 Å². The molecule has 2 heterocycles. The Morgan fingerprint density at radius 1 is 0.917 bits per heavy atom. The van der Waals surface area contributed by atoms with E-state index in [1.807, 2.05) is 89.5 Å². The third-order valence-corrected chi connectivity index (χ3v) is 10.5. The molecule has 1 aliphatic heterocycles. The Kier molecular flexibility index (Phi) is 9.56. The predicted octanol–water partition coefficient (Wildman–Crippen LogP) is 8.59. The summed E-state index contributed by atoms with van der Waals surface area (Å²) in [5.74, 6) is 1.07. The molecule has 1 N–H and O–H groups in total. The van der Waals surface area contributed by atoms with Gasteiger partial charge in [-0.3, -0.25) is 4.55 Å². The van der Waals surface area contributed by atoms with Crippen molar-refractivity contribution in [3.8, 4) is 5.75 Å². The maximum Gasteiger partial charge on any atom is 0.374 e. The van der Waals surface area contributed by atoms with E-state index in [9.17, 15) is 13.0 Å². The molecule has 0 unspecified atom stereocenters. The summed E-state index contributed by atoms with van der Waals surface area (Å²) < 4.78 is 53.8. The largest absolute Gasteiger partial charge is 0.491 e. The molecule has 1 aliphatic rings. The summed E-state index contributed by atoms with van der Waals surface area (Å²) in [6, 6.07) is 32.3. The number of allylic oxidation sites excluding steroid dienone is 2. The van der Waals surface area contributed by atoms with Gasteiger partial charge in [-0.05, 0) is 59.3 Å². The number of hydrogen-bond acceptors (Lipinski definition) is 7. The molecule has 5 aromatic carbocycles. The lowest BCUT2D eigenvalue weighted by Gasteiger charge is -2.20. The molecule has 48 heavy (non-hydrogen) atoms. The van der Waals surface area contributed by atoms with Gasteiger partial charge < -0.3 is 18.8 Å². The number of aryl methyl sites for hydroxylation is 1. The van der Waals surface area contributed by atoms with Gasteiger partial charge in [0.15, 0.2) is 6.54 Å². The first-order valence-corrected chi connectivity index (χ1v) is 18.7. The van der Waals surface area contributed by atoms with Gasteiger partial charge in [0.1, 0.15) is 19.1 Å². The van der Waals surface area contributed by atoms with Crippen LogP contribution in [-0.2, 0) is 21.4 Å². The number of aromatic nitrogens is 1. The first kappa shape index (κ1) is 32.4. The van der Waals surface area contributed by atoms with Gasteiger partial charge in [0.05, 0.1) is 34.5 Å². The van der Waals surface area contributed by atoms with E-state index >= 15 is 0 Å². The highest BCUT2D eigenvalue weighted by molar-refractivity contribution is 9.10. The second kappa shape index (κ2) is 14.2. The van der Waals surface area contributed by atoms with Crippen LogP contribution in [0.1, 0.15) is 12.3 Å². The van der Waals surface area contributed by atoms with Gasteiger partial charge in [0.2, 0.25) is 5.58 Å². The summed E-state index contributed by atoms with van der Waals surface area (Å²) in [5.41, 5.74) is 2.62. The first-order chi connectivity index (χ1) is 23.3. The molecule has 11 heteroatoms. The normalized spacial score (nSPS) is 14.2. The standard InChI is InChI=1S/C37H31BrN2O6S2/c38-28-17-19-34-31(24-28)40(25-44-21-22-45-32-13-5-10-26-8-1-3-11-29(26)32)36(47-34)15-6-14-35-39(20-7-23-48(41,42)43)37-30-12-4-2-9-27(30)16-18-33(37)46-35/h1-6,8-19,24H,7,20-23,25H2/p+1. The number of anilines is 1. The third kappa shape index (κ3) is 7.15. The predicted molar refractivity (Wildman–Crippen MR) is 195 cm³/mol. The topological polar surface area (TPSA) is 93.1 Å². The van der Waals surface area contributed by atoms with E-state index < -0.39 is 10.1 Å². The average Bonchev–Trinajstić information content (AvgIpc) is 3.61. The van der Waals surface area contributed by atoms with Crippen LogP contribution >= 0.6 is 27.7 Å². The first-order valence-electron chi connectivity index (χ1n) is 15.4. The SMILES string of the molecule is O=S(=O)(O)CCC[n+]1c(/C=C/C=C2\Sc3ccc(Br)cc3N2COCCOc2cccc3ccccc23)oc2ccc3ccccc3c21. The lowest BCUT2D eigenvalue weighted by atomic mass is 10.1. The number of rotatable bonds is 12. The molecule has 0 atom stereocenters. The van der Waals surface area contributed by atoms with Crippen LogP contribution in [0.15, 0.2) is 128 Å². The fourth-order valence-corrected chi connectivity index (χ4v) is 7.74. The number of fused-ring (bicyclic) bond motifs is 5. The Balaban J connectivity index is 1.11. The molecule has 0 aliphatic carbocycles. The number of halogens is 1. The highest BCUT2D eigenvalue weighted by Crippen LogP contribution is 2.47.